The van der Waals surface area contributed by atoms with Gasteiger partial charge in [-0.25, -0.2) is 4.79 Å². The standard InChI is InChI=1S/C6H10O4/c1-4(8)5(2-3-7)6(9)10/h7-8H,2-3H2,1H3,(H,9,10)/b5-4-. The number of carbonyl (C=O) groups is 1. The van der Waals surface area contributed by atoms with Gasteiger partial charge in [0.05, 0.1) is 11.3 Å². The molecule has 0 spiro atoms. The van der Waals surface area contributed by atoms with Crippen molar-refractivity contribution in [2.24, 2.45) is 0 Å². The van der Waals surface area contributed by atoms with E-state index in [1.807, 2.05) is 0 Å². The normalized spacial score (nSPS) is 12.6. The minimum absolute atomic E-state index is 0.0162. The Morgan fingerprint density at radius 1 is 1.40 bits per heavy atom. The molecule has 0 radical (unpaired) electrons. The number of allylic oxidation sites excluding steroid dienone is 1. The van der Waals surface area contributed by atoms with E-state index in [2.05, 4.69) is 0 Å². The number of hydrogen-bond donors (Lipinski definition) is 3. The first-order chi connectivity index (χ1) is 4.59. The first-order valence-electron chi connectivity index (χ1n) is 2.82. The Hall–Kier alpha value is -1.03. The Kier molecular flexibility index (Phi) is 3.49. The molecule has 0 aromatic carbocycles. The summed E-state index contributed by atoms with van der Waals surface area (Å²) in [6, 6.07) is 0. The van der Waals surface area contributed by atoms with Gasteiger partial charge in [0.2, 0.25) is 0 Å². The lowest BCUT2D eigenvalue weighted by molar-refractivity contribution is -0.133. The van der Waals surface area contributed by atoms with E-state index >= 15 is 0 Å². The second-order valence-electron chi connectivity index (χ2n) is 1.84. The minimum Gasteiger partial charge on any atom is -0.512 e. The molecule has 0 saturated heterocycles. The molecule has 0 atom stereocenters. The van der Waals surface area contributed by atoms with Crippen molar-refractivity contribution < 1.29 is 20.1 Å². The lowest BCUT2D eigenvalue weighted by atomic mass is 10.2. The van der Waals surface area contributed by atoms with E-state index in [1.54, 1.807) is 0 Å². The summed E-state index contributed by atoms with van der Waals surface area (Å²) >= 11 is 0. The Bertz CT molecular complexity index is 155. The maximum Gasteiger partial charge on any atom is 0.335 e. The number of aliphatic hydroxyl groups is 2. The van der Waals surface area contributed by atoms with E-state index in [1.165, 1.54) is 6.92 Å². The molecule has 0 unspecified atom stereocenters. The average Bonchev–Trinajstić information content (AvgIpc) is 1.81. The molecule has 0 amide bonds. The largest absolute Gasteiger partial charge is 0.512 e. The van der Waals surface area contributed by atoms with Crippen molar-refractivity contribution >= 4 is 5.97 Å². The third kappa shape index (κ3) is 2.50. The Morgan fingerprint density at radius 2 is 1.90 bits per heavy atom. The zero-order chi connectivity index (χ0) is 8.15. The zero-order valence-corrected chi connectivity index (χ0v) is 5.66. The van der Waals surface area contributed by atoms with E-state index < -0.39 is 5.97 Å². The predicted molar refractivity (Wildman–Crippen MR) is 34.7 cm³/mol. The molecule has 0 rings (SSSR count). The maximum absolute atomic E-state index is 10.2. The number of carboxylic acid groups (broad SMARTS) is 1. The van der Waals surface area contributed by atoms with Gasteiger partial charge in [-0.2, -0.15) is 0 Å². The molecule has 0 aromatic rings. The van der Waals surface area contributed by atoms with E-state index in [9.17, 15) is 4.79 Å². The lowest BCUT2D eigenvalue weighted by Gasteiger charge is -1.99. The molecule has 0 aliphatic heterocycles. The van der Waals surface area contributed by atoms with Crippen molar-refractivity contribution in [3.05, 3.63) is 11.3 Å². The van der Waals surface area contributed by atoms with Crippen LogP contribution in [0.3, 0.4) is 0 Å². The summed E-state index contributed by atoms with van der Waals surface area (Å²) in [5.74, 6) is -1.43. The molecule has 0 bridgehead atoms. The average molecular weight is 146 g/mol. The summed E-state index contributed by atoms with van der Waals surface area (Å²) in [5.41, 5.74) is -0.137. The highest BCUT2D eigenvalue weighted by atomic mass is 16.4. The summed E-state index contributed by atoms with van der Waals surface area (Å²) in [7, 11) is 0. The number of carboxylic acids is 1. The molecule has 3 N–H and O–H groups in total. The summed E-state index contributed by atoms with van der Waals surface area (Å²) in [6.07, 6.45) is -0.0162. The fraction of sp³-hybridized carbons (Fsp3) is 0.500. The van der Waals surface area contributed by atoms with Gasteiger partial charge in [-0.15, -0.1) is 0 Å². The SMILES string of the molecule is C/C(O)=C(\CCO)C(=O)O. The van der Waals surface area contributed by atoms with E-state index in [0.717, 1.165) is 0 Å². The number of hydrogen-bond acceptors (Lipinski definition) is 3. The Labute approximate surface area is 58.4 Å². The predicted octanol–water partition coefficient (Wildman–Crippen LogP) is 0.285. The summed E-state index contributed by atoms with van der Waals surface area (Å²) in [4.78, 5) is 10.2. The molecule has 4 heteroatoms. The first-order valence-corrected chi connectivity index (χ1v) is 2.82. The van der Waals surface area contributed by atoms with Gasteiger partial charge in [-0.1, -0.05) is 0 Å². The van der Waals surface area contributed by atoms with Gasteiger partial charge in [0.25, 0.3) is 0 Å². The van der Waals surface area contributed by atoms with E-state index in [0.29, 0.717) is 0 Å². The third-order valence-corrected chi connectivity index (χ3v) is 1.06. The number of rotatable bonds is 3. The Morgan fingerprint density at radius 3 is 2.00 bits per heavy atom. The smallest absolute Gasteiger partial charge is 0.335 e. The van der Waals surface area contributed by atoms with Crippen LogP contribution in [0.4, 0.5) is 0 Å². The van der Waals surface area contributed by atoms with Crippen molar-refractivity contribution in [3.8, 4) is 0 Å². The Balaban J connectivity index is 4.28. The quantitative estimate of drug-likeness (QED) is 0.395. The van der Waals surface area contributed by atoms with Gasteiger partial charge in [-0.3, -0.25) is 0 Å². The van der Waals surface area contributed by atoms with Gasteiger partial charge in [0.15, 0.2) is 0 Å². The number of aliphatic hydroxyl groups excluding tert-OH is 2. The molecular formula is C6H10O4. The topological polar surface area (TPSA) is 77.8 Å². The van der Waals surface area contributed by atoms with Crippen molar-refractivity contribution in [3.63, 3.8) is 0 Å². The van der Waals surface area contributed by atoms with Crippen LogP contribution in [-0.2, 0) is 4.79 Å². The highest BCUT2D eigenvalue weighted by Crippen LogP contribution is 2.04. The van der Waals surface area contributed by atoms with Crippen molar-refractivity contribution in [1.29, 1.82) is 0 Å². The molecule has 0 heterocycles. The van der Waals surface area contributed by atoms with Crippen LogP contribution < -0.4 is 0 Å². The van der Waals surface area contributed by atoms with Crippen LogP contribution in [0.25, 0.3) is 0 Å². The van der Waals surface area contributed by atoms with Gasteiger partial charge >= 0.3 is 5.97 Å². The maximum atomic E-state index is 10.2. The molecular weight excluding hydrogens is 136 g/mol. The monoisotopic (exact) mass is 146 g/mol. The van der Waals surface area contributed by atoms with Gasteiger partial charge < -0.3 is 15.3 Å². The third-order valence-electron chi connectivity index (χ3n) is 1.06. The van der Waals surface area contributed by atoms with Crippen molar-refractivity contribution in [2.45, 2.75) is 13.3 Å². The highest BCUT2D eigenvalue weighted by molar-refractivity contribution is 5.86. The van der Waals surface area contributed by atoms with E-state index in [-0.39, 0.29) is 24.4 Å². The van der Waals surface area contributed by atoms with Crippen LogP contribution in [0.5, 0.6) is 0 Å². The fourth-order valence-electron chi connectivity index (χ4n) is 0.554. The molecule has 0 aromatic heterocycles. The van der Waals surface area contributed by atoms with Crippen LogP contribution in [0.1, 0.15) is 13.3 Å². The summed E-state index contributed by atoms with van der Waals surface area (Å²) in [5, 5.41) is 25.4. The fourth-order valence-corrected chi connectivity index (χ4v) is 0.554. The highest BCUT2D eigenvalue weighted by Gasteiger charge is 2.09. The van der Waals surface area contributed by atoms with Crippen LogP contribution in [0.15, 0.2) is 11.3 Å². The zero-order valence-electron chi connectivity index (χ0n) is 5.66. The molecule has 58 valence electrons. The van der Waals surface area contributed by atoms with Crippen molar-refractivity contribution in [2.75, 3.05) is 6.61 Å². The molecule has 0 fully saturated rings. The van der Waals surface area contributed by atoms with Crippen LogP contribution >= 0.6 is 0 Å². The molecule has 0 saturated carbocycles. The molecule has 0 aliphatic carbocycles. The lowest BCUT2D eigenvalue weighted by Crippen LogP contribution is -2.05. The van der Waals surface area contributed by atoms with E-state index in [4.69, 9.17) is 15.3 Å². The summed E-state index contributed by atoms with van der Waals surface area (Å²) in [6.45, 7) is 1.01. The summed E-state index contributed by atoms with van der Waals surface area (Å²) < 4.78 is 0. The molecule has 4 nitrogen and oxygen atoms in total. The second kappa shape index (κ2) is 3.90. The van der Waals surface area contributed by atoms with Gasteiger partial charge in [-0.05, 0) is 6.92 Å². The minimum atomic E-state index is -1.19. The molecule has 0 aliphatic rings. The van der Waals surface area contributed by atoms with Crippen molar-refractivity contribution in [1.82, 2.24) is 0 Å². The second-order valence-corrected chi connectivity index (χ2v) is 1.84. The number of aliphatic carboxylic acids is 1. The van der Waals surface area contributed by atoms with Crippen LogP contribution in [0.2, 0.25) is 0 Å². The van der Waals surface area contributed by atoms with Gasteiger partial charge in [0, 0.05) is 13.0 Å². The van der Waals surface area contributed by atoms with Crippen LogP contribution in [-0.4, -0.2) is 27.9 Å². The van der Waals surface area contributed by atoms with Gasteiger partial charge in [0.1, 0.15) is 0 Å². The van der Waals surface area contributed by atoms with Crippen LogP contribution in [0, 0.1) is 0 Å². The molecule has 10 heavy (non-hydrogen) atoms. The first kappa shape index (κ1) is 8.97.